The zero-order chi connectivity index (χ0) is 19.2. The summed E-state index contributed by atoms with van der Waals surface area (Å²) in [6, 6.07) is 14.4. The molecule has 3 rings (SSSR count). The number of halogens is 1. The molecular weight excluding hydrogens is 384 g/mol. The molecule has 8 heteroatoms. The molecule has 0 aliphatic heterocycles. The Morgan fingerprint density at radius 2 is 1.81 bits per heavy atom. The van der Waals surface area contributed by atoms with Crippen molar-refractivity contribution in [3.05, 3.63) is 69.1 Å². The number of benzene rings is 2. The molecule has 27 heavy (non-hydrogen) atoms. The molecule has 1 heterocycles. The van der Waals surface area contributed by atoms with E-state index in [-0.39, 0.29) is 23.2 Å². The van der Waals surface area contributed by atoms with Gasteiger partial charge in [-0.05, 0) is 37.3 Å². The lowest BCUT2D eigenvalue weighted by Gasteiger charge is -2.04. The maximum Gasteiger partial charge on any atom is 0.286 e. The first-order valence-electron chi connectivity index (χ1n) is 8.25. The summed E-state index contributed by atoms with van der Waals surface area (Å²) in [6.45, 7) is 1.98. The fraction of sp³-hybridized carbons (Fsp3) is 0.158. The number of anilines is 2. The monoisotopic (exact) mass is 400 g/mol. The fourth-order valence-electron chi connectivity index (χ4n) is 2.28. The van der Waals surface area contributed by atoms with Gasteiger partial charge >= 0.3 is 0 Å². The van der Waals surface area contributed by atoms with Crippen molar-refractivity contribution < 1.29 is 9.59 Å². The van der Waals surface area contributed by atoms with Gasteiger partial charge in [-0.3, -0.25) is 9.59 Å². The number of amides is 2. The molecule has 0 bridgehead atoms. The first-order valence-corrected chi connectivity index (χ1v) is 9.45. The summed E-state index contributed by atoms with van der Waals surface area (Å²) in [5, 5.41) is 14.9. The van der Waals surface area contributed by atoms with Crippen LogP contribution in [0.3, 0.4) is 0 Å². The van der Waals surface area contributed by atoms with Crippen molar-refractivity contribution in [3.8, 4) is 0 Å². The molecule has 0 unspecified atom stereocenters. The lowest BCUT2D eigenvalue weighted by atomic mass is 10.2. The third-order valence-electron chi connectivity index (χ3n) is 3.64. The van der Waals surface area contributed by atoms with E-state index in [1.807, 2.05) is 31.2 Å². The van der Waals surface area contributed by atoms with Crippen LogP contribution in [0.25, 0.3) is 0 Å². The highest BCUT2D eigenvalue weighted by molar-refractivity contribution is 7.13. The summed E-state index contributed by atoms with van der Waals surface area (Å²) in [6.07, 6.45) is 0.641. The van der Waals surface area contributed by atoms with Gasteiger partial charge in [-0.25, -0.2) is 0 Å². The molecule has 138 valence electrons. The minimum absolute atomic E-state index is 0.155. The van der Waals surface area contributed by atoms with Gasteiger partial charge in [0.1, 0.15) is 5.01 Å². The smallest absolute Gasteiger partial charge is 0.286 e. The third kappa shape index (κ3) is 5.60. The van der Waals surface area contributed by atoms with Gasteiger partial charge < -0.3 is 10.6 Å². The minimum Gasteiger partial charge on any atom is -0.326 e. The van der Waals surface area contributed by atoms with E-state index in [2.05, 4.69) is 20.8 Å². The highest BCUT2D eigenvalue weighted by Gasteiger charge is 2.14. The number of nitrogens with zero attached hydrogens (tertiary/aromatic N) is 2. The van der Waals surface area contributed by atoms with E-state index in [1.54, 1.807) is 24.3 Å². The Hall–Kier alpha value is -2.77. The second-order valence-corrected chi connectivity index (χ2v) is 7.38. The van der Waals surface area contributed by atoms with Crippen LogP contribution in [-0.2, 0) is 11.2 Å². The summed E-state index contributed by atoms with van der Waals surface area (Å²) in [4.78, 5) is 24.3. The number of nitrogens with one attached hydrogen (secondary N) is 2. The Morgan fingerprint density at radius 3 is 2.56 bits per heavy atom. The van der Waals surface area contributed by atoms with Gasteiger partial charge in [0.2, 0.25) is 10.9 Å². The Bertz CT molecular complexity index is 956. The normalized spacial score (nSPS) is 10.4. The van der Waals surface area contributed by atoms with Gasteiger partial charge in [-0.15, -0.1) is 10.2 Å². The van der Waals surface area contributed by atoms with Gasteiger partial charge in [-0.2, -0.15) is 0 Å². The molecule has 2 amide bonds. The molecule has 0 radical (unpaired) electrons. The van der Waals surface area contributed by atoms with Crippen LogP contribution in [0.1, 0.15) is 26.8 Å². The molecule has 0 aliphatic rings. The molecule has 0 aliphatic carbocycles. The highest BCUT2D eigenvalue weighted by Crippen LogP contribution is 2.17. The second kappa shape index (κ2) is 8.75. The van der Waals surface area contributed by atoms with E-state index in [9.17, 15) is 9.59 Å². The minimum atomic E-state index is -0.314. The van der Waals surface area contributed by atoms with E-state index in [0.29, 0.717) is 27.8 Å². The van der Waals surface area contributed by atoms with Crippen LogP contribution in [0, 0.1) is 6.92 Å². The van der Waals surface area contributed by atoms with Gasteiger partial charge in [0.25, 0.3) is 5.91 Å². The predicted octanol–water partition coefficient (Wildman–Crippen LogP) is 4.32. The summed E-state index contributed by atoms with van der Waals surface area (Å²) in [7, 11) is 0. The van der Waals surface area contributed by atoms with Crippen molar-refractivity contribution in [2.24, 2.45) is 0 Å². The fourth-order valence-corrected chi connectivity index (χ4v) is 3.20. The number of rotatable bonds is 6. The summed E-state index contributed by atoms with van der Waals surface area (Å²) in [5.74, 6) is -0.468. The molecule has 2 N–H and O–H groups in total. The van der Waals surface area contributed by atoms with Crippen LogP contribution >= 0.6 is 22.9 Å². The molecule has 2 aromatic carbocycles. The van der Waals surface area contributed by atoms with Crippen molar-refractivity contribution in [3.63, 3.8) is 0 Å². The Morgan fingerprint density at radius 1 is 1.04 bits per heavy atom. The van der Waals surface area contributed by atoms with Crippen molar-refractivity contribution in [2.45, 2.75) is 19.8 Å². The maximum absolute atomic E-state index is 12.2. The molecule has 0 saturated heterocycles. The maximum atomic E-state index is 12.2. The standard InChI is InChI=1S/C19H17ClN4O2S/c1-12-5-7-14(8-6-12)22-18(26)19-24-23-17(27-19)10-9-16(25)21-15-4-2-3-13(20)11-15/h2-8,11H,9-10H2,1H3,(H,21,25)(H,22,26). The molecule has 6 nitrogen and oxygen atoms in total. The molecule has 3 aromatic rings. The summed E-state index contributed by atoms with van der Waals surface area (Å²) in [5.41, 5.74) is 2.45. The number of aryl methyl sites for hydroxylation is 2. The lowest BCUT2D eigenvalue weighted by molar-refractivity contribution is -0.116. The summed E-state index contributed by atoms with van der Waals surface area (Å²) >= 11 is 7.07. The zero-order valence-electron chi connectivity index (χ0n) is 14.5. The molecule has 0 spiro atoms. The lowest BCUT2D eigenvalue weighted by Crippen LogP contribution is -2.12. The number of hydrogen-bond donors (Lipinski definition) is 2. The van der Waals surface area contributed by atoms with E-state index in [4.69, 9.17) is 11.6 Å². The predicted molar refractivity (Wildman–Crippen MR) is 107 cm³/mol. The van der Waals surface area contributed by atoms with E-state index < -0.39 is 0 Å². The van der Waals surface area contributed by atoms with Crippen LogP contribution in [0.5, 0.6) is 0 Å². The van der Waals surface area contributed by atoms with Crippen molar-refractivity contribution in [1.29, 1.82) is 0 Å². The zero-order valence-corrected chi connectivity index (χ0v) is 16.1. The van der Waals surface area contributed by atoms with Crippen molar-refractivity contribution in [2.75, 3.05) is 10.6 Å². The van der Waals surface area contributed by atoms with Crippen LogP contribution in [0.2, 0.25) is 5.02 Å². The van der Waals surface area contributed by atoms with E-state index in [0.717, 1.165) is 5.56 Å². The largest absolute Gasteiger partial charge is 0.326 e. The van der Waals surface area contributed by atoms with Gasteiger partial charge in [0, 0.05) is 29.2 Å². The molecular formula is C19H17ClN4O2S. The van der Waals surface area contributed by atoms with Gasteiger partial charge in [0.05, 0.1) is 0 Å². The summed E-state index contributed by atoms with van der Waals surface area (Å²) < 4.78 is 0. The molecule has 0 saturated carbocycles. The van der Waals surface area contributed by atoms with E-state index in [1.165, 1.54) is 11.3 Å². The number of carbonyl (C=O) groups excluding carboxylic acids is 2. The van der Waals surface area contributed by atoms with E-state index >= 15 is 0 Å². The van der Waals surface area contributed by atoms with Gasteiger partial charge in [0.15, 0.2) is 0 Å². The first kappa shape index (κ1) is 19.0. The third-order valence-corrected chi connectivity index (χ3v) is 4.86. The quantitative estimate of drug-likeness (QED) is 0.645. The Labute approximate surface area is 165 Å². The number of carbonyl (C=O) groups is 2. The SMILES string of the molecule is Cc1ccc(NC(=O)c2nnc(CCC(=O)Nc3cccc(Cl)c3)s2)cc1. The van der Waals surface area contributed by atoms with Crippen LogP contribution in [0.4, 0.5) is 11.4 Å². The topological polar surface area (TPSA) is 84.0 Å². The Balaban J connectivity index is 1.52. The van der Waals surface area contributed by atoms with Crippen molar-refractivity contribution >= 4 is 46.1 Å². The second-order valence-electron chi connectivity index (χ2n) is 5.88. The number of hydrogen-bond acceptors (Lipinski definition) is 5. The molecule has 0 atom stereocenters. The average molecular weight is 401 g/mol. The highest BCUT2D eigenvalue weighted by atomic mass is 35.5. The van der Waals surface area contributed by atoms with Gasteiger partial charge in [-0.1, -0.05) is 46.7 Å². The first-order chi connectivity index (χ1) is 13.0. The molecule has 0 fully saturated rings. The van der Waals surface area contributed by atoms with Crippen LogP contribution in [-0.4, -0.2) is 22.0 Å². The van der Waals surface area contributed by atoms with Crippen LogP contribution in [0.15, 0.2) is 48.5 Å². The van der Waals surface area contributed by atoms with Crippen molar-refractivity contribution in [1.82, 2.24) is 10.2 Å². The van der Waals surface area contributed by atoms with Crippen LogP contribution < -0.4 is 10.6 Å². The molecule has 1 aromatic heterocycles. The number of aromatic nitrogens is 2. The average Bonchev–Trinajstić information content (AvgIpc) is 3.11. The Kier molecular flexibility index (Phi) is 6.16.